The van der Waals surface area contributed by atoms with E-state index in [1.54, 1.807) is 0 Å². The van der Waals surface area contributed by atoms with Gasteiger partial charge in [-0.2, -0.15) is 11.8 Å². The van der Waals surface area contributed by atoms with E-state index in [-0.39, 0.29) is 0 Å². The van der Waals surface area contributed by atoms with E-state index in [9.17, 15) is 0 Å². The Morgan fingerprint density at radius 3 is 2.15 bits per heavy atom. The molecule has 0 amide bonds. The van der Waals surface area contributed by atoms with Crippen LogP contribution < -0.4 is 0 Å². The Balaban J connectivity index is 2.14. The highest BCUT2D eigenvalue weighted by Crippen LogP contribution is 2.59. The van der Waals surface area contributed by atoms with Crippen LogP contribution in [-0.2, 0) is 0 Å². The van der Waals surface area contributed by atoms with Crippen LogP contribution in [0.3, 0.4) is 0 Å². The highest BCUT2D eigenvalue weighted by Gasteiger charge is 2.52. The summed E-state index contributed by atoms with van der Waals surface area (Å²) >= 11 is 2.32. The van der Waals surface area contributed by atoms with Crippen LogP contribution in [0.25, 0.3) is 0 Å². The summed E-state index contributed by atoms with van der Waals surface area (Å²) in [6.07, 6.45) is 18.9. The molecule has 120 valence electrons. The fourth-order valence-corrected chi connectivity index (χ4v) is 5.00. The number of hydrogen-bond acceptors (Lipinski definition) is 1. The molecule has 0 aliphatic heterocycles. The van der Waals surface area contributed by atoms with Crippen molar-refractivity contribution in [2.24, 2.45) is 5.92 Å². The molecule has 2 atom stereocenters. The van der Waals surface area contributed by atoms with Gasteiger partial charge >= 0.3 is 0 Å². The first-order valence-corrected chi connectivity index (χ1v) is 10.4. The van der Waals surface area contributed by atoms with Gasteiger partial charge in [-0.3, -0.25) is 0 Å². The molecule has 0 aromatic rings. The van der Waals surface area contributed by atoms with Gasteiger partial charge in [0, 0.05) is 4.75 Å². The molecule has 20 heavy (non-hydrogen) atoms. The summed E-state index contributed by atoms with van der Waals surface area (Å²) in [6, 6.07) is 0. The lowest BCUT2D eigenvalue weighted by molar-refractivity contribution is 0.539. The zero-order valence-corrected chi connectivity index (χ0v) is 15.2. The Morgan fingerprint density at radius 1 is 0.800 bits per heavy atom. The van der Waals surface area contributed by atoms with Crippen molar-refractivity contribution in [3.05, 3.63) is 0 Å². The van der Waals surface area contributed by atoms with E-state index in [4.69, 9.17) is 0 Å². The van der Waals surface area contributed by atoms with Crippen LogP contribution in [0.5, 0.6) is 0 Å². The zero-order valence-electron chi connectivity index (χ0n) is 14.4. The lowest BCUT2D eigenvalue weighted by Crippen LogP contribution is -2.08. The summed E-state index contributed by atoms with van der Waals surface area (Å²) in [5, 5.41) is 0. The summed E-state index contributed by atoms with van der Waals surface area (Å²) in [5.41, 5.74) is 0. The van der Waals surface area contributed by atoms with Gasteiger partial charge in [0.1, 0.15) is 0 Å². The Hall–Kier alpha value is 0.350. The minimum absolute atomic E-state index is 0.731. The van der Waals surface area contributed by atoms with Crippen LogP contribution in [0, 0.1) is 5.92 Å². The quantitative estimate of drug-likeness (QED) is 0.305. The third-order valence-corrected chi connectivity index (χ3v) is 6.77. The maximum atomic E-state index is 2.33. The second-order valence-corrected chi connectivity index (χ2v) is 8.34. The summed E-state index contributed by atoms with van der Waals surface area (Å²) in [4.78, 5) is 0. The molecule has 0 nitrogen and oxygen atoms in total. The number of hydrogen-bond donors (Lipinski definition) is 0. The fraction of sp³-hybridized carbons (Fsp3) is 1.00. The summed E-state index contributed by atoms with van der Waals surface area (Å²) < 4.78 is 0.731. The molecule has 0 spiro atoms. The summed E-state index contributed by atoms with van der Waals surface area (Å²) in [5.74, 6) is 2.46. The third kappa shape index (κ3) is 6.87. The van der Waals surface area contributed by atoms with Crippen LogP contribution in [0.2, 0.25) is 0 Å². The predicted octanol–water partition coefficient (Wildman–Crippen LogP) is 7.22. The van der Waals surface area contributed by atoms with Crippen LogP contribution >= 0.6 is 11.8 Å². The van der Waals surface area contributed by atoms with Gasteiger partial charge in [-0.05, 0) is 37.4 Å². The minimum atomic E-state index is 0.731. The molecule has 1 saturated carbocycles. The molecule has 1 fully saturated rings. The molecule has 1 aliphatic carbocycles. The molecule has 0 aromatic carbocycles. The third-order valence-electron chi connectivity index (χ3n) is 4.88. The standard InChI is InChI=1S/C19H38S/c1-4-7-9-10-11-12-14-18-17-19(18,20-16-6-3)15-13-8-5-2/h18H,4-17H2,1-3H3/t18-,19+/m1/s1. The van der Waals surface area contributed by atoms with Gasteiger partial charge in [0.25, 0.3) is 0 Å². The Bertz CT molecular complexity index is 226. The molecule has 0 aromatic heterocycles. The van der Waals surface area contributed by atoms with Gasteiger partial charge in [-0.25, -0.2) is 0 Å². The summed E-state index contributed by atoms with van der Waals surface area (Å²) in [7, 11) is 0. The maximum absolute atomic E-state index is 2.33. The molecule has 1 aliphatic rings. The molecule has 0 bridgehead atoms. The Morgan fingerprint density at radius 2 is 1.45 bits per heavy atom. The van der Waals surface area contributed by atoms with E-state index in [0.717, 1.165) is 10.7 Å². The number of rotatable bonds is 14. The van der Waals surface area contributed by atoms with Crippen LogP contribution in [0.1, 0.15) is 104 Å². The molecular weight excluding hydrogens is 260 g/mol. The van der Waals surface area contributed by atoms with Crippen LogP contribution in [-0.4, -0.2) is 10.5 Å². The van der Waals surface area contributed by atoms with E-state index in [1.165, 1.54) is 89.2 Å². The SMILES string of the molecule is CCCCCCCC[C@@H]1C[C@]1(CCCCC)SCCC. The van der Waals surface area contributed by atoms with E-state index in [1.807, 2.05) is 0 Å². The van der Waals surface area contributed by atoms with Crippen molar-refractivity contribution in [3.63, 3.8) is 0 Å². The highest BCUT2D eigenvalue weighted by molar-refractivity contribution is 8.00. The van der Waals surface area contributed by atoms with E-state index < -0.39 is 0 Å². The Labute approximate surface area is 132 Å². The lowest BCUT2D eigenvalue weighted by Gasteiger charge is -2.17. The van der Waals surface area contributed by atoms with Crippen LogP contribution in [0.15, 0.2) is 0 Å². The van der Waals surface area contributed by atoms with Gasteiger partial charge in [-0.1, -0.05) is 78.6 Å². The molecule has 0 saturated heterocycles. The smallest absolute Gasteiger partial charge is 0.0191 e. The van der Waals surface area contributed by atoms with Gasteiger partial charge in [-0.15, -0.1) is 0 Å². The van der Waals surface area contributed by atoms with Crippen molar-refractivity contribution in [1.82, 2.24) is 0 Å². The van der Waals surface area contributed by atoms with Crippen molar-refractivity contribution in [3.8, 4) is 0 Å². The molecule has 0 heterocycles. The molecule has 1 rings (SSSR count). The zero-order chi connectivity index (χ0) is 14.7. The van der Waals surface area contributed by atoms with Crippen molar-refractivity contribution in [1.29, 1.82) is 0 Å². The Kier molecular flexibility index (Phi) is 10.1. The van der Waals surface area contributed by atoms with Gasteiger partial charge < -0.3 is 0 Å². The topological polar surface area (TPSA) is 0 Å². The fourth-order valence-electron chi connectivity index (χ4n) is 3.43. The van der Waals surface area contributed by atoms with Crippen molar-refractivity contribution < 1.29 is 0 Å². The van der Waals surface area contributed by atoms with Crippen LogP contribution in [0.4, 0.5) is 0 Å². The first-order valence-electron chi connectivity index (χ1n) is 9.43. The van der Waals surface area contributed by atoms with E-state index in [0.29, 0.717) is 0 Å². The molecular formula is C19H38S. The minimum Gasteiger partial charge on any atom is -0.155 e. The van der Waals surface area contributed by atoms with Gasteiger partial charge in [0.2, 0.25) is 0 Å². The first-order chi connectivity index (χ1) is 9.79. The van der Waals surface area contributed by atoms with Crippen molar-refractivity contribution >= 4 is 11.8 Å². The van der Waals surface area contributed by atoms with Gasteiger partial charge in [0.15, 0.2) is 0 Å². The largest absolute Gasteiger partial charge is 0.155 e. The maximum Gasteiger partial charge on any atom is 0.0191 e. The monoisotopic (exact) mass is 298 g/mol. The number of thioether (sulfide) groups is 1. The second kappa shape index (κ2) is 11.0. The first kappa shape index (κ1) is 18.4. The van der Waals surface area contributed by atoms with E-state index in [2.05, 4.69) is 32.5 Å². The second-order valence-electron chi connectivity index (χ2n) is 6.83. The number of unbranched alkanes of at least 4 members (excludes halogenated alkanes) is 7. The highest BCUT2D eigenvalue weighted by atomic mass is 32.2. The van der Waals surface area contributed by atoms with E-state index >= 15 is 0 Å². The molecule has 0 radical (unpaired) electrons. The summed E-state index contributed by atoms with van der Waals surface area (Å²) in [6.45, 7) is 6.96. The molecule has 0 unspecified atom stereocenters. The van der Waals surface area contributed by atoms with Crippen molar-refractivity contribution in [2.45, 2.75) is 109 Å². The normalized spacial score (nSPS) is 25.1. The molecule has 1 heteroatoms. The predicted molar refractivity (Wildman–Crippen MR) is 95.7 cm³/mol. The average molecular weight is 299 g/mol. The lowest BCUT2D eigenvalue weighted by atomic mass is 10.0. The molecule has 0 N–H and O–H groups in total. The average Bonchev–Trinajstić information content (AvgIpc) is 3.14. The van der Waals surface area contributed by atoms with Crippen molar-refractivity contribution in [2.75, 3.05) is 5.75 Å². The van der Waals surface area contributed by atoms with Gasteiger partial charge in [0.05, 0.1) is 0 Å².